The number of amides is 1. The first-order valence-corrected chi connectivity index (χ1v) is 8.71. The second-order valence-electron chi connectivity index (χ2n) is 6.22. The molecule has 0 radical (unpaired) electrons. The third-order valence-corrected chi connectivity index (χ3v) is 5.01. The molecule has 5 nitrogen and oxygen atoms in total. The summed E-state index contributed by atoms with van der Waals surface area (Å²) in [6.07, 6.45) is 2.76. The van der Waals surface area contributed by atoms with Crippen LogP contribution in [0.1, 0.15) is 23.2 Å². The van der Waals surface area contributed by atoms with Crippen molar-refractivity contribution < 1.29 is 14.6 Å². The second kappa shape index (κ2) is 7.60. The van der Waals surface area contributed by atoms with E-state index in [0.717, 1.165) is 12.8 Å². The van der Waals surface area contributed by atoms with E-state index in [2.05, 4.69) is 4.98 Å². The van der Waals surface area contributed by atoms with Crippen molar-refractivity contribution in [3.05, 3.63) is 52.1 Å². The Morgan fingerprint density at radius 3 is 2.72 bits per heavy atom. The summed E-state index contributed by atoms with van der Waals surface area (Å²) in [7, 11) is 1.75. The molecule has 0 bridgehead atoms. The highest BCUT2D eigenvalue weighted by Crippen LogP contribution is 2.34. The molecule has 0 aliphatic heterocycles. The SMILES string of the molecule is CN(CC1CC(O)C1)C(=O)c1ccc(Oc2cccc(Cl)c2Cl)nc1. The molecule has 1 amide bonds. The van der Waals surface area contributed by atoms with E-state index in [1.54, 1.807) is 42.3 Å². The van der Waals surface area contributed by atoms with Gasteiger partial charge in [-0.3, -0.25) is 4.79 Å². The van der Waals surface area contributed by atoms with Crippen molar-refractivity contribution >= 4 is 29.1 Å². The van der Waals surface area contributed by atoms with Gasteiger partial charge in [0.15, 0.2) is 0 Å². The van der Waals surface area contributed by atoms with Crippen molar-refractivity contribution in [3.63, 3.8) is 0 Å². The maximum absolute atomic E-state index is 12.4. The van der Waals surface area contributed by atoms with Gasteiger partial charge in [0.2, 0.25) is 5.88 Å². The van der Waals surface area contributed by atoms with Crippen LogP contribution in [0, 0.1) is 5.92 Å². The van der Waals surface area contributed by atoms with Gasteiger partial charge in [-0.2, -0.15) is 0 Å². The lowest BCUT2D eigenvalue weighted by atomic mass is 9.82. The van der Waals surface area contributed by atoms with Crippen molar-refractivity contribution in [3.8, 4) is 11.6 Å². The zero-order chi connectivity index (χ0) is 18.0. The molecule has 7 heteroatoms. The standard InChI is InChI=1S/C18H18Cl2N2O3/c1-22(10-11-7-13(23)8-11)18(24)12-5-6-16(21-9-12)25-15-4-2-3-14(19)17(15)20/h2-6,9,11,13,23H,7-8,10H2,1H3. The van der Waals surface area contributed by atoms with Crippen molar-refractivity contribution in [2.24, 2.45) is 5.92 Å². The second-order valence-corrected chi connectivity index (χ2v) is 7.00. The molecule has 1 fully saturated rings. The predicted molar refractivity (Wildman–Crippen MR) is 96.5 cm³/mol. The molecular weight excluding hydrogens is 363 g/mol. The van der Waals surface area contributed by atoms with E-state index >= 15 is 0 Å². The van der Waals surface area contributed by atoms with Gasteiger partial charge in [0.05, 0.1) is 16.7 Å². The van der Waals surface area contributed by atoms with Crippen molar-refractivity contribution in [2.75, 3.05) is 13.6 Å². The number of carbonyl (C=O) groups excluding carboxylic acids is 1. The van der Waals surface area contributed by atoms with Gasteiger partial charge in [0.25, 0.3) is 5.91 Å². The molecule has 0 spiro atoms. The summed E-state index contributed by atoms with van der Waals surface area (Å²) in [5.74, 6) is 0.984. The number of halogens is 2. The normalized spacial score (nSPS) is 19.2. The molecule has 25 heavy (non-hydrogen) atoms. The van der Waals surface area contributed by atoms with Crippen LogP contribution in [0.3, 0.4) is 0 Å². The van der Waals surface area contributed by atoms with Gasteiger partial charge in [-0.1, -0.05) is 29.3 Å². The van der Waals surface area contributed by atoms with Crippen LogP contribution in [-0.4, -0.2) is 40.6 Å². The number of carbonyl (C=O) groups is 1. The fraction of sp³-hybridized carbons (Fsp3) is 0.333. The number of rotatable bonds is 5. The zero-order valence-corrected chi connectivity index (χ0v) is 15.2. The number of benzene rings is 1. The molecule has 1 N–H and O–H groups in total. The Bertz CT molecular complexity index is 761. The molecule has 1 aromatic carbocycles. The van der Waals surface area contributed by atoms with E-state index in [1.165, 1.54) is 6.20 Å². The third kappa shape index (κ3) is 4.24. The quantitative estimate of drug-likeness (QED) is 0.850. The Labute approximate surface area is 156 Å². The van der Waals surface area contributed by atoms with Gasteiger partial charge in [-0.25, -0.2) is 4.98 Å². The summed E-state index contributed by atoms with van der Waals surface area (Å²) in [6.45, 7) is 0.631. The summed E-state index contributed by atoms with van der Waals surface area (Å²) in [5, 5.41) is 10.0. The summed E-state index contributed by atoms with van der Waals surface area (Å²) in [6, 6.07) is 8.37. The highest BCUT2D eigenvalue weighted by molar-refractivity contribution is 6.42. The molecule has 1 aliphatic carbocycles. The summed E-state index contributed by atoms with van der Waals surface area (Å²) in [5.41, 5.74) is 0.479. The maximum Gasteiger partial charge on any atom is 0.255 e. The Morgan fingerprint density at radius 2 is 2.08 bits per heavy atom. The molecule has 1 saturated carbocycles. The van der Waals surface area contributed by atoms with E-state index in [1.807, 2.05) is 0 Å². The molecule has 1 aliphatic rings. The monoisotopic (exact) mass is 380 g/mol. The summed E-state index contributed by atoms with van der Waals surface area (Å²) < 4.78 is 5.61. The van der Waals surface area contributed by atoms with E-state index in [-0.39, 0.29) is 12.0 Å². The number of nitrogens with zero attached hydrogens (tertiary/aromatic N) is 2. The van der Waals surface area contributed by atoms with E-state index in [4.69, 9.17) is 27.9 Å². The van der Waals surface area contributed by atoms with Gasteiger partial charge in [-0.05, 0) is 37.0 Å². The number of ether oxygens (including phenoxy) is 1. The molecule has 0 saturated heterocycles. The van der Waals surface area contributed by atoms with Crippen LogP contribution in [0.4, 0.5) is 0 Å². The van der Waals surface area contributed by atoms with Gasteiger partial charge in [-0.15, -0.1) is 0 Å². The molecule has 3 rings (SSSR count). The van der Waals surface area contributed by atoms with Crippen LogP contribution in [0.2, 0.25) is 10.0 Å². The molecule has 1 heterocycles. The smallest absolute Gasteiger partial charge is 0.255 e. The lowest BCUT2D eigenvalue weighted by Gasteiger charge is -2.34. The number of hydrogen-bond donors (Lipinski definition) is 1. The van der Waals surface area contributed by atoms with Crippen molar-refractivity contribution in [1.29, 1.82) is 0 Å². The van der Waals surface area contributed by atoms with Crippen molar-refractivity contribution in [2.45, 2.75) is 18.9 Å². The highest BCUT2D eigenvalue weighted by Gasteiger charge is 2.29. The highest BCUT2D eigenvalue weighted by atomic mass is 35.5. The van der Waals surface area contributed by atoms with E-state index < -0.39 is 0 Å². The number of aromatic nitrogens is 1. The topological polar surface area (TPSA) is 62.7 Å². The molecule has 0 atom stereocenters. The Morgan fingerprint density at radius 1 is 1.32 bits per heavy atom. The molecule has 132 valence electrons. The average molecular weight is 381 g/mol. The fourth-order valence-electron chi connectivity index (χ4n) is 2.78. The van der Waals surface area contributed by atoms with Crippen LogP contribution in [0.25, 0.3) is 0 Å². The fourth-order valence-corrected chi connectivity index (χ4v) is 3.11. The van der Waals surface area contributed by atoms with Crippen molar-refractivity contribution in [1.82, 2.24) is 9.88 Å². The zero-order valence-electron chi connectivity index (χ0n) is 13.7. The maximum atomic E-state index is 12.4. The van der Waals surface area contributed by atoms with Crippen LogP contribution >= 0.6 is 23.2 Å². The molecule has 0 unspecified atom stereocenters. The Hall–Kier alpha value is -1.82. The number of hydrogen-bond acceptors (Lipinski definition) is 4. The van der Waals surface area contributed by atoms with Gasteiger partial charge in [0.1, 0.15) is 10.8 Å². The lowest BCUT2D eigenvalue weighted by Crippen LogP contribution is -2.39. The van der Waals surface area contributed by atoms with Crippen LogP contribution < -0.4 is 4.74 Å². The minimum Gasteiger partial charge on any atom is -0.437 e. The third-order valence-electron chi connectivity index (χ3n) is 4.20. The van der Waals surface area contributed by atoms with Gasteiger partial charge < -0.3 is 14.7 Å². The summed E-state index contributed by atoms with van der Waals surface area (Å²) in [4.78, 5) is 18.2. The van der Waals surface area contributed by atoms with E-state index in [0.29, 0.717) is 39.7 Å². The predicted octanol–water partition coefficient (Wildman–Crippen LogP) is 4.02. The number of aliphatic hydroxyl groups excluding tert-OH is 1. The molecular formula is C18H18Cl2N2O3. The Kier molecular flexibility index (Phi) is 5.47. The molecule has 2 aromatic rings. The minimum absolute atomic E-state index is 0.110. The first-order chi connectivity index (χ1) is 11.9. The lowest BCUT2D eigenvalue weighted by molar-refractivity contribution is 0.0265. The van der Waals surface area contributed by atoms with Crippen LogP contribution in [0.5, 0.6) is 11.6 Å². The van der Waals surface area contributed by atoms with Gasteiger partial charge in [0, 0.05) is 25.9 Å². The largest absolute Gasteiger partial charge is 0.437 e. The average Bonchev–Trinajstić information content (AvgIpc) is 2.57. The minimum atomic E-state index is -0.218. The summed E-state index contributed by atoms with van der Waals surface area (Å²) >= 11 is 12.0. The number of pyridine rings is 1. The van der Waals surface area contributed by atoms with Gasteiger partial charge >= 0.3 is 0 Å². The van der Waals surface area contributed by atoms with Crippen LogP contribution in [-0.2, 0) is 0 Å². The first-order valence-electron chi connectivity index (χ1n) is 7.95. The first kappa shape index (κ1) is 18.0. The van der Waals surface area contributed by atoms with E-state index in [9.17, 15) is 9.90 Å². The number of aliphatic hydroxyl groups is 1. The van der Waals surface area contributed by atoms with Crippen LogP contribution in [0.15, 0.2) is 36.5 Å². The molecule has 1 aromatic heterocycles. The Balaban J connectivity index is 1.63.